The Kier molecular flexibility index (Phi) is 8.08. The molecule has 0 saturated carbocycles. The molecule has 0 aliphatic heterocycles. The van der Waals surface area contributed by atoms with Gasteiger partial charge in [0.1, 0.15) is 12.3 Å². The van der Waals surface area contributed by atoms with Crippen LogP contribution in [0.25, 0.3) is 22.5 Å². The molecule has 0 radical (unpaired) electrons. The molecule has 2 aromatic carbocycles. The van der Waals surface area contributed by atoms with Gasteiger partial charge in [-0.15, -0.1) is 5.10 Å². The van der Waals surface area contributed by atoms with Crippen LogP contribution in [0.2, 0.25) is 0 Å². The number of aliphatic carboxylic acids is 1. The summed E-state index contributed by atoms with van der Waals surface area (Å²) < 4.78 is 0. The third kappa shape index (κ3) is 5.57. The fourth-order valence-electron chi connectivity index (χ4n) is 3.97. The minimum atomic E-state index is -0.915. The lowest BCUT2D eigenvalue weighted by Crippen LogP contribution is -2.49. The number of nitrogens with one attached hydrogen (secondary N) is 1. The summed E-state index contributed by atoms with van der Waals surface area (Å²) >= 11 is 0. The van der Waals surface area contributed by atoms with Crippen LogP contribution in [-0.4, -0.2) is 54.0 Å². The Balaban J connectivity index is 1.86. The number of rotatable bonds is 11. The van der Waals surface area contributed by atoms with Crippen LogP contribution in [0.15, 0.2) is 48.5 Å². The van der Waals surface area contributed by atoms with Crippen molar-refractivity contribution in [3.63, 3.8) is 0 Å². The number of carboxylic acids is 1. The van der Waals surface area contributed by atoms with E-state index in [-0.39, 0.29) is 5.92 Å². The number of hydrogen-bond donors (Lipinski definition) is 3. The third-order valence-corrected chi connectivity index (χ3v) is 5.60. The molecule has 0 amide bonds. The van der Waals surface area contributed by atoms with Gasteiger partial charge in [-0.25, -0.2) is 5.10 Å². The second kappa shape index (κ2) is 11.0. The number of tetrazole rings is 1. The molecule has 0 saturated heterocycles. The summed E-state index contributed by atoms with van der Waals surface area (Å²) in [5.41, 5.74) is 3.82. The maximum absolute atomic E-state index is 12.0. The molecule has 0 bridgehead atoms. The Bertz CT molecular complexity index is 989. The molecule has 32 heavy (non-hydrogen) atoms. The summed E-state index contributed by atoms with van der Waals surface area (Å²) in [7, 11) is 0. The lowest BCUT2D eigenvalue weighted by Gasteiger charge is -2.35. The molecular formula is C24H31N5O3. The molecule has 3 aromatic rings. The summed E-state index contributed by atoms with van der Waals surface area (Å²) in [6, 6.07) is 15.0. The lowest BCUT2D eigenvalue weighted by molar-refractivity contribution is -0.152. The minimum Gasteiger partial charge on any atom is -0.480 e. The van der Waals surface area contributed by atoms with Gasteiger partial charge in [-0.3, -0.25) is 9.69 Å². The van der Waals surface area contributed by atoms with Crippen LogP contribution in [0.4, 0.5) is 0 Å². The van der Waals surface area contributed by atoms with E-state index < -0.39 is 18.2 Å². The van der Waals surface area contributed by atoms with Crippen LogP contribution in [0, 0.1) is 5.92 Å². The Hall–Kier alpha value is -3.10. The molecule has 0 aliphatic carbocycles. The van der Waals surface area contributed by atoms with Gasteiger partial charge in [0, 0.05) is 12.1 Å². The van der Waals surface area contributed by atoms with E-state index in [1.807, 2.05) is 62.4 Å². The van der Waals surface area contributed by atoms with E-state index in [9.17, 15) is 15.0 Å². The number of benzene rings is 2. The summed E-state index contributed by atoms with van der Waals surface area (Å²) in [5.74, 6) is -0.455. The lowest BCUT2D eigenvalue weighted by atomic mass is 9.97. The zero-order valence-electron chi connectivity index (χ0n) is 18.8. The van der Waals surface area contributed by atoms with Crippen molar-refractivity contribution in [3.05, 3.63) is 54.1 Å². The quantitative estimate of drug-likeness (QED) is 0.389. The molecule has 8 heteroatoms. The average Bonchev–Trinajstić information content (AvgIpc) is 3.32. The zero-order chi connectivity index (χ0) is 23.1. The molecule has 0 spiro atoms. The largest absolute Gasteiger partial charge is 0.480 e. The first kappa shape index (κ1) is 23.6. The predicted octanol–water partition coefficient (Wildman–Crippen LogP) is 3.95. The Morgan fingerprint density at radius 3 is 2.34 bits per heavy atom. The maximum atomic E-state index is 12.0. The van der Waals surface area contributed by atoms with Crippen molar-refractivity contribution >= 4 is 5.97 Å². The monoisotopic (exact) mass is 437 g/mol. The van der Waals surface area contributed by atoms with E-state index in [1.54, 1.807) is 4.90 Å². The second-order valence-electron chi connectivity index (χ2n) is 8.31. The molecule has 1 heterocycles. The van der Waals surface area contributed by atoms with Gasteiger partial charge in [-0.05, 0) is 45.9 Å². The highest BCUT2D eigenvalue weighted by molar-refractivity contribution is 5.80. The van der Waals surface area contributed by atoms with E-state index in [2.05, 4.69) is 27.5 Å². The van der Waals surface area contributed by atoms with Crippen molar-refractivity contribution in [1.29, 1.82) is 0 Å². The van der Waals surface area contributed by atoms with E-state index >= 15 is 0 Å². The Morgan fingerprint density at radius 2 is 1.78 bits per heavy atom. The van der Waals surface area contributed by atoms with Crippen molar-refractivity contribution in [1.82, 2.24) is 25.5 Å². The van der Waals surface area contributed by atoms with Gasteiger partial charge in [0.05, 0.1) is 0 Å². The van der Waals surface area contributed by atoms with Gasteiger partial charge in [-0.2, -0.15) is 0 Å². The smallest absolute Gasteiger partial charge is 0.321 e. The molecule has 0 fully saturated rings. The summed E-state index contributed by atoms with van der Waals surface area (Å²) in [6.45, 7) is 6.15. The van der Waals surface area contributed by atoms with Crippen molar-refractivity contribution in [2.45, 2.75) is 58.8 Å². The molecule has 2 atom stereocenters. The predicted molar refractivity (Wildman–Crippen MR) is 122 cm³/mol. The van der Waals surface area contributed by atoms with Crippen LogP contribution in [0.1, 0.15) is 45.6 Å². The number of aromatic amines is 1. The van der Waals surface area contributed by atoms with Gasteiger partial charge in [0.15, 0.2) is 5.82 Å². The first-order chi connectivity index (χ1) is 15.4. The minimum absolute atomic E-state index is 0.134. The van der Waals surface area contributed by atoms with Gasteiger partial charge < -0.3 is 10.2 Å². The van der Waals surface area contributed by atoms with Crippen LogP contribution in [-0.2, 0) is 11.3 Å². The number of carboxylic acid groups (broad SMARTS) is 1. The summed E-state index contributed by atoms with van der Waals surface area (Å²) in [5, 5.41) is 34.7. The van der Waals surface area contributed by atoms with Gasteiger partial charge >= 0.3 is 5.97 Å². The molecule has 1 aromatic heterocycles. The number of unbranched alkanes of at least 4 members (excludes halogenated alkanes) is 1. The molecular weight excluding hydrogens is 406 g/mol. The summed E-state index contributed by atoms with van der Waals surface area (Å²) in [4.78, 5) is 13.7. The normalized spacial score (nSPS) is 13.4. The molecule has 8 nitrogen and oxygen atoms in total. The van der Waals surface area contributed by atoms with Crippen molar-refractivity contribution in [2.75, 3.05) is 0 Å². The highest BCUT2D eigenvalue weighted by Crippen LogP contribution is 2.30. The third-order valence-electron chi connectivity index (χ3n) is 5.60. The fourth-order valence-corrected chi connectivity index (χ4v) is 3.97. The molecule has 3 N–H and O–H groups in total. The number of H-pyrrole nitrogens is 1. The number of aromatic nitrogens is 4. The molecule has 3 rings (SSSR count). The number of aliphatic hydroxyl groups excluding tert-OH is 1. The number of nitrogens with zero attached hydrogens (tertiary/aromatic N) is 4. The van der Waals surface area contributed by atoms with Gasteiger partial charge in [0.25, 0.3) is 0 Å². The van der Waals surface area contributed by atoms with E-state index in [0.29, 0.717) is 18.8 Å². The molecule has 0 aliphatic rings. The van der Waals surface area contributed by atoms with Crippen molar-refractivity contribution in [3.8, 4) is 22.5 Å². The number of carbonyl (C=O) groups is 1. The average molecular weight is 438 g/mol. The first-order valence-electron chi connectivity index (χ1n) is 11.0. The highest BCUT2D eigenvalue weighted by atomic mass is 16.4. The van der Waals surface area contributed by atoms with Crippen LogP contribution in [0.3, 0.4) is 0 Å². The van der Waals surface area contributed by atoms with E-state index in [0.717, 1.165) is 35.1 Å². The van der Waals surface area contributed by atoms with Crippen LogP contribution >= 0.6 is 0 Å². The van der Waals surface area contributed by atoms with Crippen molar-refractivity contribution in [2.24, 2.45) is 5.92 Å². The number of aliphatic hydroxyl groups is 1. The van der Waals surface area contributed by atoms with E-state index in [1.165, 1.54) is 0 Å². The zero-order valence-corrected chi connectivity index (χ0v) is 18.8. The Labute approximate surface area is 188 Å². The molecule has 1 unspecified atom stereocenters. The second-order valence-corrected chi connectivity index (χ2v) is 8.31. The topological polar surface area (TPSA) is 115 Å². The standard InChI is InChI=1S/C24H31N5O3/c1-4-5-10-21(30)29(22(16(2)3)24(31)32)15-17-11-13-18(14-12-17)19-8-6-7-9-20(19)23-25-27-28-26-23/h6-9,11-14,16,21-22,30H,4-5,10,15H2,1-3H3,(H,31,32)(H,25,26,27,28)/t21?,22-/m0/s1. The van der Waals surface area contributed by atoms with Crippen LogP contribution < -0.4 is 0 Å². The first-order valence-corrected chi connectivity index (χ1v) is 11.0. The maximum Gasteiger partial charge on any atom is 0.321 e. The Morgan fingerprint density at radius 1 is 1.09 bits per heavy atom. The fraction of sp³-hybridized carbons (Fsp3) is 0.417. The van der Waals surface area contributed by atoms with Gasteiger partial charge in [0.2, 0.25) is 0 Å². The van der Waals surface area contributed by atoms with Crippen molar-refractivity contribution < 1.29 is 15.0 Å². The summed E-state index contributed by atoms with van der Waals surface area (Å²) in [6.07, 6.45) is 1.52. The van der Waals surface area contributed by atoms with E-state index in [4.69, 9.17) is 0 Å². The SMILES string of the molecule is CCCCC(O)N(Cc1ccc(-c2ccccc2-c2nnn[nH]2)cc1)[C@H](C(=O)O)C(C)C. The van der Waals surface area contributed by atoms with Crippen LogP contribution in [0.5, 0.6) is 0 Å². The molecule has 170 valence electrons. The van der Waals surface area contributed by atoms with Gasteiger partial charge in [-0.1, -0.05) is 75.7 Å². The number of hydrogen-bond acceptors (Lipinski definition) is 6. The highest BCUT2D eigenvalue weighted by Gasteiger charge is 2.32.